The Labute approximate surface area is 141 Å². The van der Waals surface area contributed by atoms with Crippen molar-refractivity contribution in [2.24, 2.45) is 0 Å². The molecule has 5 nitrogen and oxygen atoms in total. The van der Waals surface area contributed by atoms with Crippen molar-refractivity contribution < 1.29 is 19.1 Å². The van der Waals surface area contributed by atoms with Crippen molar-refractivity contribution in [1.82, 2.24) is 4.90 Å². The van der Waals surface area contributed by atoms with Gasteiger partial charge in [-0.1, -0.05) is 54.3 Å². The maximum Gasteiger partial charge on any atom is 0.331 e. The number of carboxylic acids is 1. The monoisotopic (exact) mass is 345 g/mol. The summed E-state index contributed by atoms with van der Waals surface area (Å²) in [6, 6.07) is 10.8. The van der Waals surface area contributed by atoms with E-state index in [1.807, 2.05) is 0 Å². The van der Waals surface area contributed by atoms with E-state index in [1.165, 1.54) is 6.26 Å². The summed E-state index contributed by atoms with van der Waals surface area (Å²) >= 11 is 6.29. The zero-order chi connectivity index (χ0) is 16.4. The molecule has 3 rings (SSSR count). The second kappa shape index (κ2) is 6.39. The lowest BCUT2D eigenvalue weighted by molar-refractivity contribution is -0.145. The van der Waals surface area contributed by atoms with Crippen LogP contribution >= 0.6 is 24.0 Å². The summed E-state index contributed by atoms with van der Waals surface area (Å²) in [5, 5.41) is 9.56. The standard InChI is InChI=1S/C16H11NO4S2/c18-14-12(9-11-7-4-8-21-11)23-16(22)17(14)13(15(19)20)10-5-2-1-3-6-10/h1-9,13H,(H,19,20)/b12-9+/t13-/m0/s1. The number of rotatable bonds is 4. The highest BCUT2D eigenvalue weighted by molar-refractivity contribution is 8.26. The van der Waals surface area contributed by atoms with Crippen molar-refractivity contribution in [1.29, 1.82) is 0 Å². The molecule has 1 fully saturated rings. The van der Waals surface area contributed by atoms with Gasteiger partial charge in [0.25, 0.3) is 5.91 Å². The highest BCUT2D eigenvalue weighted by Gasteiger charge is 2.41. The normalized spacial score (nSPS) is 17.7. The van der Waals surface area contributed by atoms with Crippen LogP contribution < -0.4 is 0 Å². The fourth-order valence-electron chi connectivity index (χ4n) is 2.24. The molecule has 2 aromatic rings. The van der Waals surface area contributed by atoms with Crippen LogP contribution in [0.3, 0.4) is 0 Å². The number of nitrogens with zero attached hydrogens (tertiary/aromatic N) is 1. The smallest absolute Gasteiger partial charge is 0.331 e. The largest absolute Gasteiger partial charge is 0.479 e. The van der Waals surface area contributed by atoms with Crippen molar-refractivity contribution in [3.05, 3.63) is 65.0 Å². The second-order valence-electron chi connectivity index (χ2n) is 4.72. The van der Waals surface area contributed by atoms with Crippen LogP contribution in [0.15, 0.2) is 58.1 Å². The molecule has 0 spiro atoms. The summed E-state index contributed by atoms with van der Waals surface area (Å²) in [6.07, 6.45) is 3.06. The van der Waals surface area contributed by atoms with Gasteiger partial charge in [0.2, 0.25) is 0 Å². The van der Waals surface area contributed by atoms with Crippen LogP contribution in [0.25, 0.3) is 6.08 Å². The maximum atomic E-state index is 12.6. The molecule has 1 aliphatic heterocycles. The molecule has 1 amide bonds. The molecule has 1 aliphatic rings. The van der Waals surface area contributed by atoms with Crippen LogP contribution in [-0.2, 0) is 9.59 Å². The molecule has 1 aromatic carbocycles. The lowest BCUT2D eigenvalue weighted by atomic mass is 10.1. The van der Waals surface area contributed by atoms with Gasteiger partial charge in [-0.05, 0) is 17.7 Å². The van der Waals surface area contributed by atoms with Crippen molar-refractivity contribution >= 4 is 46.3 Å². The third-order valence-corrected chi connectivity index (χ3v) is 4.58. The zero-order valence-electron chi connectivity index (χ0n) is 11.7. The third-order valence-electron chi connectivity index (χ3n) is 3.25. The fourth-order valence-corrected chi connectivity index (χ4v) is 3.54. The average molecular weight is 345 g/mol. The molecule has 1 aromatic heterocycles. The Morgan fingerprint density at radius 1 is 1.26 bits per heavy atom. The van der Waals surface area contributed by atoms with Crippen molar-refractivity contribution in [2.45, 2.75) is 6.04 Å². The lowest BCUT2D eigenvalue weighted by Crippen LogP contribution is -2.37. The van der Waals surface area contributed by atoms with Crippen LogP contribution in [0, 0.1) is 0 Å². The number of hydrogen-bond acceptors (Lipinski definition) is 5. The molecule has 23 heavy (non-hydrogen) atoms. The number of benzene rings is 1. The SMILES string of the molecule is O=C(O)[C@H](c1ccccc1)N1C(=O)/C(=C\c2ccco2)SC1=S. The van der Waals surface area contributed by atoms with E-state index in [9.17, 15) is 14.7 Å². The Balaban J connectivity index is 1.97. The number of aliphatic carboxylic acids is 1. The summed E-state index contributed by atoms with van der Waals surface area (Å²) in [7, 11) is 0. The van der Waals surface area contributed by atoms with Gasteiger partial charge in [0.15, 0.2) is 6.04 Å². The van der Waals surface area contributed by atoms with Gasteiger partial charge in [-0.2, -0.15) is 0 Å². The summed E-state index contributed by atoms with van der Waals surface area (Å²) in [4.78, 5) is 25.8. The summed E-state index contributed by atoms with van der Waals surface area (Å²) in [5.41, 5.74) is 0.496. The zero-order valence-corrected chi connectivity index (χ0v) is 13.3. The van der Waals surface area contributed by atoms with Gasteiger partial charge in [-0.3, -0.25) is 9.69 Å². The third kappa shape index (κ3) is 3.06. The molecule has 2 heterocycles. The van der Waals surface area contributed by atoms with Crippen LogP contribution in [0.4, 0.5) is 0 Å². The minimum absolute atomic E-state index is 0.212. The van der Waals surface area contributed by atoms with E-state index in [0.29, 0.717) is 16.2 Å². The first-order valence-electron chi connectivity index (χ1n) is 6.66. The number of amides is 1. The fraction of sp³-hybridized carbons (Fsp3) is 0.0625. The van der Waals surface area contributed by atoms with Crippen LogP contribution in [0.1, 0.15) is 17.4 Å². The minimum atomic E-state index is -1.15. The second-order valence-corrected chi connectivity index (χ2v) is 6.39. The summed E-state index contributed by atoms with van der Waals surface area (Å²) in [6.45, 7) is 0. The molecule has 0 unspecified atom stereocenters. The van der Waals surface area contributed by atoms with Crippen LogP contribution in [0.2, 0.25) is 0 Å². The minimum Gasteiger partial charge on any atom is -0.479 e. The Morgan fingerprint density at radius 2 is 2.00 bits per heavy atom. The first kappa shape index (κ1) is 15.5. The van der Waals surface area contributed by atoms with Crippen molar-refractivity contribution in [3.63, 3.8) is 0 Å². The number of carbonyl (C=O) groups excluding carboxylic acids is 1. The highest BCUT2D eigenvalue weighted by Crippen LogP contribution is 2.38. The number of furan rings is 1. The van der Waals surface area contributed by atoms with E-state index in [0.717, 1.165) is 16.7 Å². The Bertz CT molecular complexity index is 784. The average Bonchev–Trinajstić information content (AvgIpc) is 3.12. The van der Waals surface area contributed by atoms with E-state index in [1.54, 1.807) is 48.5 Å². The van der Waals surface area contributed by atoms with Gasteiger partial charge in [-0.25, -0.2) is 4.79 Å². The Kier molecular flexibility index (Phi) is 4.31. The number of hydrogen-bond donors (Lipinski definition) is 1. The highest BCUT2D eigenvalue weighted by atomic mass is 32.2. The summed E-state index contributed by atoms with van der Waals surface area (Å²) in [5.74, 6) is -1.06. The number of thioether (sulfide) groups is 1. The molecule has 1 atom stereocenters. The van der Waals surface area contributed by atoms with Crippen molar-refractivity contribution in [3.8, 4) is 0 Å². The quantitative estimate of drug-likeness (QED) is 0.677. The molecule has 1 saturated heterocycles. The molecular weight excluding hydrogens is 334 g/mol. The molecule has 7 heteroatoms. The Hall–Kier alpha value is -2.38. The number of thiocarbonyl (C=S) groups is 1. The molecule has 0 saturated carbocycles. The molecule has 116 valence electrons. The summed E-state index contributed by atoms with van der Waals surface area (Å²) < 4.78 is 5.40. The predicted octanol–water partition coefficient (Wildman–Crippen LogP) is 3.31. The van der Waals surface area contributed by atoms with Crippen molar-refractivity contribution in [2.75, 3.05) is 0 Å². The number of carbonyl (C=O) groups is 2. The first-order valence-corrected chi connectivity index (χ1v) is 7.88. The topological polar surface area (TPSA) is 70.8 Å². The van der Waals surface area contributed by atoms with Gasteiger partial charge in [0, 0.05) is 6.08 Å². The van der Waals surface area contributed by atoms with E-state index in [4.69, 9.17) is 16.6 Å². The predicted molar refractivity (Wildman–Crippen MR) is 90.5 cm³/mol. The van der Waals surface area contributed by atoms with Crippen LogP contribution in [-0.4, -0.2) is 26.2 Å². The van der Waals surface area contributed by atoms with Crippen LogP contribution in [0.5, 0.6) is 0 Å². The molecule has 0 bridgehead atoms. The molecule has 1 N–H and O–H groups in total. The Morgan fingerprint density at radius 3 is 2.61 bits per heavy atom. The van der Waals surface area contributed by atoms with Gasteiger partial charge < -0.3 is 9.52 Å². The van der Waals surface area contributed by atoms with Gasteiger partial charge in [0.05, 0.1) is 11.2 Å². The van der Waals surface area contributed by atoms with Gasteiger partial charge in [0.1, 0.15) is 10.1 Å². The number of carboxylic acid groups (broad SMARTS) is 1. The van der Waals surface area contributed by atoms with Gasteiger partial charge >= 0.3 is 5.97 Å². The molecule has 0 aliphatic carbocycles. The lowest BCUT2D eigenvalue weighted by Gasteiger charge is -2.23. The molecule has 0 radical (unpaired) electrons. The van der Waals surface area contributed by atoms with E-state index in [-0.39, 0.29) is 4.32 Å². The van der Waals surface area contributed by atoms with E-state index >= 15 is 0 Å². The maximum absolute atomic E-state index is 12.6. The first-order chi connectivity index (χ1) is 11.1. The van der Waals surface area contributed by atoms with Gasteiger partial charge in [-0.15, -0.1) is 0 Å². The van der Waals surface area contributed by atoms with E-state index in [2.05, 4.69) is 0 Å². The van der Waals surface area contributed by atoms with E-state index < -0.39 is 17.9 Å². The molecular formula is C16H11NO4S2.